The number of H-pyrrole nitrogens is 1. The molecule has 0 aromatic carbocycles. The quantitative estimate of drug-likeness (QED) is 0.621. The molecule has 0 saturated carbocycles. The fourth-order valence-electron chi connectivity index (χ4n) is 1.49. The third kappa shape index (κ3) is 1.44. The van der Waals surface area contributed by atoms with Gasteiger partial charge in [-0.05, 0) is 6.42 Å². The highest BCUT2D eigenvalue weighted by Gasteiger charge is 2.29. The molecule has 2 rings (SSSR count). The van der Waals surface area contributed by atoms with Gasteiger partial charge in [-0.25, -0.2) is 4.79 Å². The normalized spacial score (nSPS) is 22.2. The maximum Gasteiger partial charge on any atom is 0.407 e. The number of rotatable bonds is 1. The van der Waals surface area contributed by atoms with E-state index in [1.54, 1.807) is 0 Å². The molecular weight excluding hydrogens is 174 g/mol. The molecule has 0 aliphatic carbocycles. The van der Waals surface area contributed by atoms with E-state index in [2.05, 4.69) is 20.6 Å². The molecule has 1 aliphatic rings. The minimum Gasteiger partial charge on any atom is -0.465 e. The standard InChI is InChI=1S/C6H9N5O2/c12-6(13)11-2-1-4(3-11)5-7-9-10-8-5/h4H,1-3H2,(H,12,13)(H,7,8,9,10). The number of aromatic nitrogens is 4. The van der Waals surface area contributed by atoms with E-state index in [-0.39, 0.29) is 5.92 Å². The van der Waals surface area contributed by atoms with Crippen LogP contribution in [0.5, 0.6) is 0 Å². The summed E-state index contributed by atoms with van der Waals surface area (Å²) in [6, 6.07) is 0. The first-order valence-electron chi connectivity index (χ1n) is 3.98. The van der Waals surface area contributed by atoms with Gasteiger partial charge in [0.2, 0.25) is 0 Å². The summed E-state index contributed by atoms with van der Waals surface area (Å²) in [4.78, 5) is 11.9. The lowest BCUT2D eigenvalue weighted by Gasteiger charge is -2.09. The number of carbonyl (C=O) groups is 1. The molecule has 1 aliphatic heterocycles. The number of hydrogen-bond donors (Lipinski definition) is 2. The minimum atomic E-state index is -0.883. The molecule has 2 N–H and O–H groups in total. The Bertz CT molecular complexity index is 298. The van der Waals surface area contributed by atoms with Crippen LogP contribution in [0.2, 0.25) is 0 Å². The fourth-order valence-corrected chi connectivity index (χ4v) is 1.49. The van der Waals surface area contributed by atoms with E-state index < -0.39 is 6.09 Å². The molecule has 1 aromatic heterocycles. The summed E-state index contributed by atoms with van der Waals surface area (Å²) in [6.45, 7) is 1.02. The Kier molecular flexibility index (Phi) is 1.84. The summed E-state index contributed by atoms with van der Waals surface area (Å²) < 4.78 is 0. The summed E-state index contributed by atoms with van der Waals surface area (Å²) >= 11 is 0. The molecule has 0 spiro atoms. The van der Waals surface area contributed by atoms with E-state index in [1.165, 1.54) is 4.90 Å². The predicted octanol–water partition coefficient (Wildman–Crippen LogP) is -0.333. The van der Waals surface area contributed by atoms with Crippen LogP contribution >= 0.6 is 0 Å². The minimum absolute atomic E-state index is 0.0925. The Labute approximate surface area is 73.7 Å². The second kappa shape index (κ2) is 3.00. The number of likely N-dealkylation sites (tertiary alicyclic amines) is 1. The zero-order valence-electron chi connectivity index (χ0n) is 6.84. The zero-order valence-corrected chi connectivity index (χ0v) is 6.84. The monoisotopic (exact) mass is 183 g/mol. The summed E-state index contributed by atoms with van der Waals surface area (Å²) in [5, 5.41) is 22.1. The van der Waals surface area contributed by atoms with Gasteiger partial charge in [-0.1, -0.05) is 5.21 Å². The van der Waals surface area contributed by atoms with Crippen LogP contribution in [0.4, 0.5) is 4.79 Å². The van der Waals surface area contributed by atoms with Crippen LogP contribution in [-0.4, -0.2) is 49.8 Å². The molecule has 1 atom stereocenters. The van der Waals surface area contributed by atoms with Crippen molar-refractivity contribution in [3.63, 3.8) is 0 Å². The first kappa shape index (κ1) is 7.96. The van der Waals surface area contributed by atoms with Gasteiger partial charge >= 0.3 is 6.09 Å². The molecule has 13 heavy (non-hydrogen) atoms. The lowest BCUT2D eigenvalue weighted by Crippen LogP contribution is -2.26. The van der Waals surface area contributed by atoms with Crippen molar-refractivity contribution >= 4 is 6.09 Å². The highest BCUT2D eigenvalue weighted by molar-refractivity contribution is 5.65. The number of nitrogens with zero attached hydrogens (tertiary/aromatic N) is 4. The van der Waals surface area contributed by atoms with Gasteiger partial charge in [-0.2, -0.15) is 5.21 Å². The second-order valence-corrected chi connectivity index (χ2v) is 2.98. The number of carboxylic acid groups (broad SMARTS) is 1. The SMILES string of the molecule is O=C(O)N1CCC(c2nn[nH]n2)C1. The second-order valence-electron chi connectivity index (χ2n) is 2.98. The van der Waals surface area contributed by atoms with Gasteiger partial charge in [0.25, 0.3) is 0 Å². The maximum absolute atomic E-state index is 10.6. The van der Waals surface area contributed by atoms with Crippen molar-refractivity contribution in [3.8, 4) is 0 Å². The van der Waals surface area contributed by atoms with E-state index in [0.29, 0.717) is 18.9 Å². The Morgan fingerprint density at radius 3 is 3.08 bits per heavy atom. The number of amides is 1. The summed E-state index contributed by atoms with van der Waals surface area (Å²) in [5.74, 6) is 0.693. The third-order valence-corrected chi connectivity index (χ3v) is 2.19. The molecule has 0 radical (unpaired) electrons. The van der Waals surface area contributed by atoms with Crippen LogP contribution in [0, 0.1) is 0 Å². The van der Waals surface area contributed by atoms with Crippen LogP contribution in [0.25, 0.3) is 0 Å². The van der Waals surface area contributed by atoms with Gasteiger partial charge in [-0.3, -0.25) is 0 Å². The van der Waals surface area contributed by atoms with Gasteiger partial charge in [0.1, 0.15) is 0 Å². The van der Waals surface area contributed by atoms with Crippen LogP contribution in [0.1, 0.15) is 18.2 Å². The van der Waals surface area contributed by atoms with Crippen molar-refractivity contribution in [2.45, 2.75) is 12.3 Å². The number of tetrazole rings is 1. The lowest BCUT2D eigenvalue weighted by molar-refractivity contribution is 0.155. The average molecular weight is 183 g/mol. The van der Waals surface area contributed by atoms with Crippen LogP contribution in [-0.2, 0) is 0 Å². The average Bonchev–Trinajstić information content (AvgIpc) is 2.75. The van der Waals surface area contributed by atoms with Crippen LogP contribution in [0.3, 0.4) is 0 Å². The molecule has 1 fully saturated rings. The van der Waals surface area contributed by atoms with E-state index in [9.17, 15) is 4.79 Å². The summed E-state index contributed by atoms with van der Waals surface area (Å²) in [5.41, 5.74) is 0. The van der Waals surface area contributed by atoms with Gasteiger partial charge in [0, 0.05) is 19.0 Å². The molecular formula is C6H9N5O2. The van der Waals surface area contributed by atoms with Crippen molar-refractivity contribution < 1.29 is 9.90 Å². The topological polar surface area (TPSA) is 95.0 Å². The molecule has 2 heterocycles. The number of nitrogens with one attached hydrogen (secondary N) is 1. The van der Waals surface area contributed by atoms with E-state index in [4.69, 9.17) is 5.11 Å². The zero-order chi connectivity index (χ0) is 9.26. The molecule has 1 amide bonds. The molecule has 1 aromatic rings. The lowest BCUT2D eigenvalue weighted by atomic mass is 10.1. The Hall–Kier alpha value is -1.66. The maximum atomic E-state index is 10.6. The molecule has 0 bridgehead atoms. The molecule has 1 saturated heterocycles. The Morgan fingerprint density at radius 2 is 2.54 bits per heavy atom. The predicted molar refractivity (Wildman–Crippen MR) is 41.1 cm³/mol. The van der Waals surface area contributed by atoms with Gasteiger partial charge in [0.05, 0.1) is 0 Å². The van der Waals surface area contributed by atoms with Gasteiger partial charge < -0.3 is 10.0 Å². The van der Waals surface area contributed by atoms with Crippen molar-refractivity contribution in [3.05, 3.63) is 5.82 Å². The molecule has 7 nitrogen and oxygen atoms in total. The summed E-state index contributed by atoms with van der Waals surface area (Å²) in [6.07, 6.45) is -0.114. The number of aromatic amines is 1. The molecule has 70 valence electrons. The largest absolute Gasteiger partial charge is 0.465 e. The summed E-state index contributed by atoms with van der Waals surface area (Å²) in [7, 11) is 0. The van der Waals surface area contributed by atoms with E-state index in [1.807, 2.05) is 0 Å². The van der Waals surface area contributed by atoms with E-state index >= 15 is 0 Å². The Morgan fingerprint density at radius 1 is 1.69 bits per heavy atom. The van der Waals surface area contributed by atoms with Crippen molar-refractivity contribution in [2.75, 3.05) is 13.1 Å². The van der Waals surface area contributed by atoms with Crippen molar-refractivity contribution in [1.29, 1.82) is 0 Å². The highest BCUT2D eigenvalue weighted by Crippen LogP contribution is 2.23. The molecule has 1 unspecified atom stereocenters. The first-order valence-corrected chi connectivity index (χ1v) is 3.98. The number of hydrogen-bond acceptors (Lipinski definition) is 4. The Balaban J connectivity index is 2.03. The highest BCUT2D eigenvalue weighted by atomic mass is 16.4. The van der Waals surface area contributed by atoms with Gasteiger partial charge in [0.15, 0.2) is 5.82 Å². The third-order valence-electron chi connectivity index (χ3n) is 2.19. The fraction of sp³-hybridized carbons (Fsp3) is 0.667. The first-order chi connectivity index (χ1) is 6.27. The van der Waals surface area contributed by atoms with Crippen molar-refractivity contribution in [1.82, 2.24) is 25.5 Å². The van der Waals surface area contributed by atoms with Crippen LogP contribution < -0.4 is 0 Å². The van der Waals surface area contributed by atoms with Crippen molar-refractivity contribution in [2.24, 2.45) is 0 Å². The van der Waals surface area contributed by atoms with Crippen LogP contribution in [0.15, 0.2) is 0 Å². The smallest absolute Gasteiger partial charge is 0.407 e. The van der Waals surface area contributed by atoms with Gasteiger partial charge in [-0.15, -0.1) is 10.2 Å². The van der Waals surface area contributed by atoms with E-state index in [0.717, 1.165) is 6.42 Å². The molecule has 7 heteroatoms.